The third-order valence-electron chi connectivity index (χ3n) is 3.25. The molecule has 0 saturated heterocycles. The first-order valence-corrected chi connectivity index (χ1v) is 5.20. The summed E-state index contributed by atoms with van der Waals surface area (Å²) < 4.78 is 36.5. The van der Waals surface area contributed by atoms with Crippen LogP contribution in [0.4, 0.5) is 13.2 Å². The minimum atomic E-state index is -4.44. The van der Waals surface area contributed by atoms with Gasteiger partial charge in [-0.25, -0.2) is 0 Å². The first kappa shape index (κ1) is 11.8. The molecule has 0 aromatic heterocycles. The van der Waals surface area contributed by atoms with E-state index in [1.54, 1.807) is 0 Å². The molecule has 0 spiro atoms. The summed E-state index contributed by atoms with van der Waals surface area (Å²) in [5.74, 6) is -0.00974. The van der Waals surface area contributed by atoms with Gasteiger partial charge >= 0.3 is 6.18 Å². The summed E-state index contributed by atoms with van der Waals surface area (Å²) in [5, 5.41) is 9.04. The van der Waals surface area contributed by atoms with Crippen LogP contribution in [0.1, 0.15) is 39.0 Å². The minimum absolute atomic E-state index is 0.513. The van der Waals surface area contributed by atoms with E-state index in [9.17, 15) is 13.2 Å². The number of aliphatic hydroxyl groups excluding tert-OH is 1. The summed E-state index contributed by atoms with van der Waals surface area (Å²) in [6.07, 6.45) is -2.83. The second kappa shape index (κ2) is 4.51. The van der Waals surface area contributed by atoms with Crippen LogP contribution < -0.4 is 0 Å². The van der Waals surface area contributed by atoms with Crippen LogP contribution in [0.3, 0.4) is 0 Å². The molecular formula is C10H17F3O. The Hall–Kier alpha value is -0.250. The summed E-state index contributed by atoms with van der Waals surface area (Å²) in [5.41, 5.74) is 0. The first-order chi connectivity index (χ1) is 6.45. The zero-order valence-electron chi connectivity index (χ0n) is 8.35. The molecule has 4 heteroatoms. The average Bonchev–Trinajstić information content (AvgIpc) is 2.15. The minimum Gasteiger partial charge on any atom is -0.383 e. The van der Waals surface area contributed by atoms with Crippen molar-refractivity contribution in [2.75, 3.05) is 0 Å². The quantitative estimate of drug-likeness (QED) is 0.742. The van der Waals surface area contributed by atoms with E-state index in [1.807, 2.05) is 0 Å². The molecule has 1 aliphatic carbocycles. The molecule has 0 bridgehead atoms. The van der Waals surface area contributed by atoms with Crippen molar-refractivity contribution in [3.05, 3.63) is 0 Å². The lowest BCUT2D eigenvalue weighted by atomic mass is 9.78. The van der Waals surface area contributed by atoms with E-state index in [0.29, 0.717) is 18.8 Å². The molecule has 1 aliphatic rings. The van der Waals surface area contributed by atoms with Crippen LogP contribution in [-0.2, 0) is 0 Å². The highest BCUT2D eigenvalue weighted by Gasteiger charge is 2.44. The standard InChI is InChI=1S/C10H17F3O/c1-2-7-3-5-8(6-4-7)9(14)10(11,12)13/h7-9,14H,2-6H2,1H3. The fraction of sp³-hybridized carbons (Fsp3) is 1.00. The van der Waals surface area contributed by atoms with Crippen LogP contribution in [0, 0.1) is 11.8 Å². The Labute approximate surface area is 82.3 Å². The van der Waals surface area contributed by atoms with Crippen LogP contribution >= 0.6 is 0 Å². The Morgan fingerprint density at radius 2 is 1.71 bits per heavy atom. The summed E-state index contributed by atoms with van der Waals surface area (Å²) >= 11 is 0. The molecular weight excluding hydrogens is 193 g/mol. The molecule has 1 rings (SSSR count). The smallest absolute Gasteiger partial charge is 0.383 e. The van der Waals surface area contributed by atoms with Gasteiger partial charge in [-0.1, -0.05) is 26.2 Å². The fourth-order valence-corrected chi connectivity index (χ4v) is 2.18. The van der Waals surface area contributed by atoms with Crippen molar-refractivity contribution in [2.45, 2.75) is 51.3 Å². The van der Waals surface area contributed by atoms with E-state index in [-0.39, 0.29) is 0 Å². The maximum atomic E-state index is 12.2. The third kappa shape index (κ3) is 2.87. The molecule has 0 radical (unpaired) electrons. The number of hydrogen-bond acceptors (Lipinski definition) is 1. The Kier molecular flexibility index (Phi) is 3.81. The topological polar surface area (TPSA) is 20.2 Å². The van der Waals surface area contributed by atoms with Gasteiger partial charge in [-0.05, 0) is 24.7 Å². The maximum Gasteiger partial charge on any atom is 0.414 e. The SMILES string of the molecule is CCC1CCC(C(O)C(F)(F)F)CC1. The van der Waals surface area contributed by atoms with Gasteiger partial charge in [-0.2, -0.15) is 13.2 Å². The summed E-state index contributed by atoms with van der Waals surface area (Å²) in [6.45, 7) is 2.06. The molecule has 1 atom stereocenters. The Balaban J connectivity index is 2.42. The molecule has 0 heterocycles. The van der Waals surface area contributed by atoms with Gasteiger partial charge in [-0.3, -0.25) is 0 Å². The van der Waals surface area contributed by atoms with Crippen LogP contribution in [0.5, 0.6) is 0 Å². The van der Waals surface area contributed by atoms with Crippen LogP contribution in [0.25, 0.3) is 0 Å². The maximum absolute atomic E-state index is 12.2. The number of halogens is 3. The van der Waals surface area contributed by atoms with Gasteiger partial charge < -0.3 is 5.11 Å². The normalized spacial score (nSPS) is 31.5. The fourth-order valence-electron chi connectivity index (χ4n) is 2.18. The van der Waals surface area contributed by atoms with Gasteiger partial charge in [0.1, 0.15) is 0 Å². The molecule has 1 unspecified atom stereocenters. The second-order valence-electron chi connectivity index (χ2n) is 4.18. The molecule has 1 fully saturated rings. The van der Waals surface area contributed by atoms with E-state index < -0.39 is 18.2 Å². The molecule has 0 aromatic rings. The van der Waals surface area contributed by atoms with Gasteiger partial charge in [0.2, 0.25) is 0 Å². The summed E-state index contributed by atoms with van der Waals surface area (Å²) in [6, 6.07) is 0. The Morgan fingerprint density at radius 1 is 1.21 bits per heavy atom. The lowest BCUT2D eigenvalue weighted by Crippen LogP contribution is -2.37. The lowest BCUT2D eigenvalue weighted by Gasteiger charge is -2.31. The van der Waals surface area contributed by atoms with Crippen LogP contribution in [0.2, 0.25) is 0 Å². The van der Waals surface area contributed by atoms with Crippen molar-refractivity contribution < 1.29 is 18.3 Å². The van der Waals surface area contributed by atoms with E-state index in [2.05, 4.69) is 6.92 Å². The lowest BCUT2D eigenvalue weighted by molar-refractivity contribution is -0.222. The number of rotatable bonds is 2. The number of hydrogen-bond donors (Lipinski definition) is 1. The molecule has 1 N–H and O–H groups in total. The molecule has 0 aliphatic heterocycles. The Bertz CT molecular complexity index is 171. The highest BCUT2D eigenvalue weighted by molar-refractivity contribution is 4.80. The number of aliphatic hydroxyl groups is 1. The monoisotopic (exact) mass is 210 g/mol. The molecule has 0 aromatic carbocycles. The van der Waals surface area contributed by atoms with E-state index in [0.717, 1.165) is 19.3 Å². The molecule has 14 heavy (non-hydrogen) atoms. The van der Waals surface area contributed by atoms with Crippen molar-refractivity contribution in [3.8, 4) is 0 Å². The van der Waals surface area contributed by atoms with Crippen molar-refractivity contribution in [3.63, 3.8) is 0 Å². The predicted molar refractivity (Wildman–Crippen MR) is 47.8 cm³/mol. The Morgan fingerprint density at radius 3 is 2.07 bits per heavy atom. The van der Waals surface area contributed by atoms with E-state index in [4.69, 9.17) is 5.11 Å². The van der Waals surface area contributed by atoms with Gasteiger partial charge in [-0.15, -0.1) is 0 Å². The highest BCUT2D eigenvalue weighted by atomic mass is 19.4. The zero-order valence-corrected chi connectivity index (χ0v) is 8.35. The molecule has 1 saturated carbocycles. The first-order valence-electron chi connectivity index (χ1n) is 5.20. The zero-order chi connectivity index (χ0) is 10.8. The molecule has 84 valence electrons. The second-order valence-corrected chi connectivity index (χ2v) is 4.18. The van der Waals surface area contributed by atoms with Crippen LogP contribution in [0.15, 0.2) is 0 Å². The number of alkyl halides is 3. The van der Waals surface area contributed by atoms with E-state index in [1.165, 1.54) is 0 Å². The molecule has 0 amide bonds. The van der Waals surface area contributed by atoms with E-state index >= 15 is 0 Å². The summed E-state index contributed by atoms with van der Waals surface area (Å²) in [4.78, 5) is 0. The van der Waals surface area contributed by atoms with Crippen molar-refractivity contribution in [1.29, 1.82) is 0 Å². The van der Waals surface area contributed by atoms with Crippen LogP contribution in [-0.4, -0.2) is 17.4 Å². The van der Waals surface area contributed by atoms with Crippen molar-refractivity contribution in [1.82, 2.24) is 0 Å². The predicted octanol–water partition coefficient (Wildman–Crippen LogP) is 3.13. The van der Waals surface area contributed by atoms with Crippen molar-refractivity contribution >= 4 is 0 Å². The van der Waals surface area contributed by atoms with Crippen molar-refractivity contribution in [2.24, 2.45) is 11.8 Å². The largest absolute Gasteiger partial charge is 0.414 e. The highest BCUT2D eigenvalue weighted by Crippen LogP contribution is 2.37. The van der Waals surface area contributed by atoms with Gasteiger partial charge in [0.05, 0.1) is 0 Å². The van der Waals surface area contributed by atoms with Gasteiger partial charge in [0.15, 0.2) is 6.10 Å². The average molecular weight is 210 g/mol. The summed E-state index contributed by atoms with van der Waals surface area (Å²) in [7, 11) is 0. The third-order valence-corrected chi connectivity index (χ3v) is 3.25. The van der Waals surface area contributed by atoms with Gasteiger partial charge in [0, 0.05) is 0 Å². The molecule has 1 nitrogen and oxygen atoms in total. The van der Waals surface area contributed by atoms with Gasteiger partial charge in [0.25, 0.3) is 0 Å².